The molecule has 1 saturated carbocycles. The number of rotatable bonds is 7. The van der Waals surface area contributed by atoms with Crippen LogP contribution in [-0.2, 0) is 4.74 Å². The van der Waals surface area contributed by atoms with Crippen LogP contribution >= 0.6 is 0 Å². The zero-order valence-electron chi connectivity index (χ0n) is 22.7. The van der Waals surface area contributed by atoms with Crippen LogP contribution in [0.5, 0.6) is 0 Å². The molecule has 2 saturated heterocycles. The predicted octanol–water partition coefficient (Wildman–Crippen LogP) is 5.55. The van der Waals surface area contributed by atoms with Gasteiger partial charge in [0.25, 0.3) is 5.91 Å². The number of ether oxygens (including phenoxy) is 1. The largest absolute Gasteiger partial charge is 0.395 e. The number of aliphatic imine (C=N–C) groups is 1. The third-order valence-electron chi connectivity index (χ3n) is 9.03. The van der Waals surface area contributed by atoms with E-state index in [1.54, 1.807) is 23.4 Å². The summed E-state index contributed by atoms with van der Waals surface area (Å²) in [7, 11) is 1.86. The lowest BCUT2D eigenvalue weighted by atomic mass is 9.67. The van der Waals surface area contributed by atoms with Crippen LogP contribution in [0.4, 0.5) is 17.6 Å². The van der Waals surface area contributed by atoms with Gasteiger partial charge in [0.05, 0.1) is 29.5 Å². The first-order valence-electron chi connectivity index (χ1n) is 14.1. The summed E-state index contributed by atoms with van der Waals surface area (Å²) < 4.78 is 61.6. The van der Waals surface area contributed by atoms with Gasteiger partial charge in [-0.15, -0.1) is 0 Å². The van der Waals surface area contributed by atoms with E-state index in [1.807, 2.05) is 23.8 Å². The van der Waals surface area contributed by atoms with Crippen LogP contribution in [-0.4, -0.2) is 85.1 Å². The van der Waals surface area contributed by atoms with E-state index in [1.165, 1.54) is 12.1 Å². The molecule has 10 heteroatoms. The van der Waals surface area contributed by atoms with Crippen LogP contribution in [0.15, 0.2) is 29.4 Å². The van der Waals surface area contributed by atoms with Gasteiger partial charge in [-0.05, 0) is 76.6 Å². The van der Waals surface area contributed by atoms with Crippen molar-refractivity contribution < 1.29 is 27.1 Å². The van der Waals surface area contributed by atoms with E-state index in [9.17, 15) is 22.4 Å². The molecule has 1 aliphatic carbocycles. The van der Waals surface area contributed by atoms with Gasteiger partial charge in [0.1, 0.15) is 5.82 Å². The second-order valence-electron chi connectivity index (χ2n) is 11.7. The van der Waals surface area contributed by atoms with Crippen molar-refractivity contribution in [3.63, 3.8) is 0 Å². The fourth-order valence-corrected chi connectivity index (χ4v) is 6.20. The number of hydrogen-bond acceptors (Lipinski definition) is 5. The van der Waals surface area contributed by atoms with E-state index in [-0.39, 0.29) is 49.0 Å². The quantitative estimate of drug-likeness (QED) is 0.418. The van der Waals surface area contributed by atoms with Crippen molar-refractivity contribution in [3.05, 3.63) is 41.3 Å². The zero-order valence-corrected chi connectivity index (χ0v) is 22.7. The first-order valence-corrected chi connectivity index (χ1v) is 14.1. The fourth-order valence-electron chi connectivity index (χ4n) is 6.20. The molecule has 6 nitrogen and oxygen atoms in total. The number of likely N-dealkylation sites (tertiary alicyclic amines) is 2. The van der Waals surface area contributed by atoms with Gasteiger partial charge in [0, 0.05) is 37.9 Å². The summed E-state index contributed by atoms with van der Waals surface area (Å²) in [6.45, 7) is 4.57. The first kappa shape index (κ1) is 28.1. The molecule has 0 bridgehead atoms. The molecule has 1 amide bonds. The smallest absolute Gasteiger partial charge is 0.353 e. The number of benzene rings is 1. The minimum Gasteiger partial charge on any atom is -0.353 e. The van der Waals surface area contributed by atoms with Gasteiger partial charge in [0.2, 0.25) is 0 Å². The standard InChI is InChI=1S/C29H38F4N4O2/c1-20-5-3-12-37(20)27(38)23-7-6-22(15-24(23)30)25-17-35(2)26(16-34-25)39-18-21-8-13-36(14-9-21)19-28(10-4-11-28)29(31,32)33/h6-7,15-17,20-21,26H,3-5,8-14,18-19H2,1-2H3. The number of nitrogens with zero attached hydrogens (tertiary/aromatic N) is 4. The van der Waals surface area contributed by atoms with Gasteiger partial charge in [-0.1, -0.05) is 12.5 Å². The Kier molecular flexibility index (Phi) is 8.06. The molecule has 0 N–H and O–H groups in total. The first-order chi connectivity index (χ1) is 18.6. The van der Waals surface area contributed by atoms with Gasteiger partial charge in [0.15, 0.2) is 6.23 Å². The highest BCUT2D eigenvalue weighted by molar-refractivity contribution is 5.95. The van der Waals surface area contributed by atoms with Crippen molar-refractivity contribution in [2.75, 3.05) is 39.8 Å². The number of hydrogen-bond donors (Lipinski definition) is 0. The molecule has 4 aliphatic rings. The highest BCUT2D eigenvalue weighted by atomic mass is 19.4. The van der Waals surface area contributed by atoms with Crippen molar-refractivity contribution >= 4 is 17.8 Å². The Morgan fingerprint density at radius 2 is 1.87 bits per heavy atom. The molecule has 0 spiro atoms. The maximum Gasteiger partial charge on any atom is 0.395 e. The zero-order chi connectivity index (χ0) is 27.8. The lowest BCUT2D eigenvalue weighted by molar-refractivity contribution is -0.256. The molecular formula is C29H38F4N4O2. The third-order valence-corrected chi connectivity index (χ3v) is 9.03. The second kappa shape index (κ2) is 11.2. The summed E-state index contributed by atoms with van der Waals surface area (Å²) in [5.74, 6) is -0.544. The van der Waals surface area contributed by atoms with Crippen molar-refractivity contribution in [1.29, 1.82) is 0 Å². The van der Waals surface area contributed by atoms with Crippen LogP contribution < -0.4 is 0 Å². The van der Waals surface area contributed by atoms with Crippen molar-refractivity contribution in [3.8, 4) is 0 Å². The molecule has 0 radical (unpaired) electrons. The maximum atomic E-state index is 14.9. The highest BCUT2D eigenvalue weighted by Crippen LogP contribution is 2.53. The molecule has 0 aromatic heterocycles. The summed E-state index contributed by atoms with van der Waals surface area (Å²) >= 11 is 0. The average molecular weight is 551 g/mol. The fraction of sp³-hybridized carbons (Fsp3) is 0.655. The molecule has 3 aliphatic heterocycles. The van der Waals surface area contributed by atoms with Crippen molar-refractivity contribution in [2.24, 2.45) is 16.3 Å². The summed E-state index contributed by atoms with van der Waals surface area (Å²) in [6, 6.07) is 4.72. The van der Waals surface area contributed by atoms with Gasteiger partial charge in [-0.3, -0.25) is 9.79 Å². The van der Waals surface area contributed by atoms with E-state index in [0.717, 1.165) is 25.7 Å². The van der Waals surface area contributed by atoms with Gasteiger partial charge < -0.3 is 19.4 Å². The Morgan fingerprint density at radius 3 is 2.44 bits per heavy atom. The topological polar surface area (TPSA) is 48.4 Å². The van der Waals surface area contributed by atoms with Crippen LogP contribution in [0.1, 0.15) is 67.8 Å². The predicted molar refractivity (Wildman–Crippen MR) is 142 cm³/mol. The van der Waals surface area contributed by atoms with E-state index >= 15 is 0 Å². The molecule has 5 rings (SSSR count). The van der Waals surface area contributed by atoms with Crippen molar-refractivity contribution in [1.82, 2.24) is 14.7 Å². The highest BCUT2D eigenvalue weighted by Gasteiger charge is 2.58. The Hall–Kier alpha value is -2.46. The van der Waals surface area contributed by atoms with E-state index < -0.39 is 17.4 Å². The van der Waals surface area contributed by atoms with Crippen LogP contribution in [0, 0.1) is 17.2 Å². The molecular weight excluding hydrogens is 512 g/mol. The molecule has 39 heavy (non-hydrogen) atoms. The lowest BCUT2D eigenvalue weighted by Crippen LogP contribution is -2.53. The molecule has 2 atom stereocenters. The lowest BCUT2D eigenvalue weighted by Gasteiger charge is -2.47. The second-order valence-corrected chi connectivity index (χ2v) is 11.7. The van der Waals surface area contributed by atoms with Crippen LogP contribution in [0.25, 0.3) is 5.70 Å². The molecule has 2 unspecified atom stereocenters. The average Bonchev–Trinajstić information content (AvgIpc) is 3.30. The number of amides is 1. The summed E-state index contributed by atoms with van der Waals surface area (Å²) in [5.41, 5.74) is -0.273. The van der Waals surface area contributed by atoms with Gasteiger partial charge >= 0.3 is 6.18 Å². The van der Waals surface area contributed by atoms with Gasteiger partial charge in [-0.25, -0.2) is 4.39 Å². The number of alkyl halides is 3. The Labute approximate surface area is 227 Å². The molecule has 1 aromatic rings. The molecule has 3 heterocycles. The third kappa shape index (κ3) is 5.87. The van der Waals surface area contributed by atoms with Gasteiger partial charge in [-0.2, -0.15) is 13.2 Å². The normalized spacial score (nSPS) is 26.1. The van der Waals surface area contributed by atoms with E-state index in [0.29, 0.717) is 43.9 Å². The monoisotopic (exact) mass is 550 g/mol. The van der Waals surface area contributed by atoms with Crippen molar-refractivity contribution in [2.45, 2.75) is 70.3 Å². The Morgan fingerprint density at radius 1 is 1.13 bits per heavy atom. The minimum absolute atomic E-state index is 0.0785. The van der Waals surface area contributed by atoms with Crippen LogP contribution in [0.2, 0.25) is 0 Å². The Balaban J connectivity index is 1.10. The van der Waals surface area contributed by atoms with E-state index in [4.69, 9.17) is 4.74 Å². The SMILES string of the molecule is CC1CCCN1C(=O)c1ccc(C2=CN(C)C(OCC3CCN(CC4(C(F)(F)F)CCC4)CC3)C=N2)cc1F. The molecule has 1 aromatic carbocycles. The minimum atomic E-state index is -4.12. The van der Waals surface area contributed by atoms with Crippen LogP contribution in [0.3, 0.4) is 0 Å². The molecule has 214 valence electrons. The number of piperidine rings is 1. The summed E-state index contributed by atoms with van der Waals surface area (Å²) in [5, 5.41) is 0. The molecule has 3 fully saturated rings. The summed E-state index contributed by atoms with van der Waals surface area (Å²) in [4.78, 5) is 22.8. The number of carbonyl (C=O) groups is 1. The Bertz CT molecular complexity index is 1110. The van der Waals surface area contributed by atoms with E-state index in [2.05, 4.69) is 4.99 Å². The number of halogens is 4. The maximum absolute atomic E-state index is 14.9. The number of carbonyl (C=O) groups excluding carboxylic acids is 1. The summed E-state index contributed by atoms with van der Waals surface area (Å²) in [6.07, 6.45) is 3.61.